The summed E-state index contributed by atoms with van der Waals surface area (Å²) in [4.78, 5) is 11.8. The summed E-state index contributed by atoms with van der Waals surface area (Å²) in [5.74, 6) is 0.905. The number of aromatic nitrogens is 2. The number of nitrogens with one attached hydrogen (secondary N) is 1. The first kappa shape index (κ1) is 16.0. The highest BCUT2D eigenvalue weighted by atomic mass is 35.5. The van der Waals surface area contributed by atoms with E-state index in [1.165, 1.54) is 35.0 Å². The molecular formula is C17H16ClN3OS2. The molecular weight excluding hydrogens is 362 g/mol. The van der Waals surface area contributed by atoms with Crippen LogP contribution in [0.3, 0.4) is 0 Å². The summed E-state index contributed by atoms with van der Waals surface area (Å²) < 4.78 is 0. The summed E-state index contributed by atoms with van der Waals surface area (Å²) in [6, 6.07) is 4.96. The van der Waals surface area contributed by atoms with Crippen molar-refractivity contribution in [2.75, 3.05) is 11.6 Å². The van der Waals surface area contributed by atoms with Gasteiger partial charge in [-0.25, -0.2) is 9.97 Å². The Morgan fingerprint density at radius 3 is 2.92 bits per heavy atom. The van der Waals surface area contributed by atoms with E-state index in [2.05, 4.69) is 15.3 Å². The number of benzene rings is 1. The smallest absolute Gasteiger partial charge is 0.190 e. The maximum Gasteiger partial charge on any atom is 0.190 e. The molecule has 4 nitrogen and oxygen atoms in total. The SMILES string of the molecule is CSc1nc(Nc2cc(Cl)ccc2O)c2c3c(sc2n1)CCCC3. The minimum Gasteiger partial charge on any atom is -0.506 e. The van der Waals surface area contributed by atoms with Crippen molar-refractivity contribution in [2.24, 2.45) is 0 Å². The number of aromatic hydroxyl groups is 1. The van der Waals surface area contributed by atoms with Crippen molar-refractivity contribution in [1.29, 1.82) is 0 Å². The number of halogens is 1. The monoisotopic (exact) mass is 377 g/mol. The van der Waals surface area contributed by atoms with Crippen molar-refractivity contribution >= 4 is 56.4 Å². The fourth-order valence-corrected chi connectivity index (χ4v) is 4.91. The first-order chi connectivity index (χ1) is 11.7. The Bertz CT molecular complexity index is 926. The van der Waals surface area contributed by atoms with Gasteiger partial charge < -0.3 is 10.4 Å². The third-order valence-corrected chi connectivity index (χ3v) is 6.16. The van der Waals surface area contributed by atoms with E-state index in [9.17, 15) is 5.11 Å². The summed E-state index contributed by atoms with van der Waals surface area (Å²) in [6.45, 7) is 0. The number of thioether (sulfide) groups is 1. The molecule has 4 rings (SSSR count). The zero-order valence-corrected chi connectivity index (χ0v) is 15.5. The number of nitrogens with zero attached hydrogens (tertiary/aromatic N) is 2. The summed E-state index contributed by atoms with van der Waals surface area (Å²) in [7, 11) is 0. The van der Waals surface area contributed by atoms with Crippen molar-refractivity contribution in [3.8, 4) is 5.75 Å². The number of hydrogen-bond acceptors (Lipinski definition) is 6. The summed E-state index contributed by atoms with van der Waals surface area (Å²) >= 11 is 9.35. The number of hydrogen-bond donors (Lipinski definition) is 2. The third kappa shape index (κ3) is 2.83. The lowest BCUT2D eigenvalue weighted by atomic mass is 9.97. The second-order valence-electron chi connectivity index (χ2n) is 5.74. The molecule has 24 heavy (non-hydrogen) atoms. The van der Waals surface area contributed by atoms with E-state index in [1.807, 2.05) is 6.26 Å². The minimum absolute atomic E-state index is 0.154. The first-order valence-corrected chi connectivity index (χ1v) is 10.2. The van der Waals surface area contributed by atoms with E-state index in [-0.39, 0.29) is 5.75 Å². The number of phenolic OH excluding ortho intramolecular Hbond substituents is 1. The molecule has 0 radical (unpaired) electrons. The molecule has 0 spiro atoms. The molecule has 2 heterocycles. The number of aryl methyl sites for hydroxylation is 2. The normalized spacial score (nSPS) is 13.9. The van der Waals surface area contributed by atoms with Gasteiger partial charge in [0.2, 0.25) is 0 Å². The molecule has 0 bridgehead atoms. The maximum absolute atomic E-state index is 10.1. The van der Waals surface area contributed by atoms with Crippen LogP contribution in [0.4, 0.5) is 11.5 Å². The molecule has 7 heteroatoms. The van der Waals surface area contributed by atoms with E-state index in [4.69, 9.17) is 11.6 Å². The highest BCUT2D eigenvalue weighted by molar-refractivity contribution is 7.98. The standard InChI is InChI=1S/C17H16ClN3OS2/c1-23-17-20-15(19-11-8-9(18)6-7-12(11)22)14-10-4-2-3-5-13(10)24-16(14)21-17/h6-8,22H,2-5H2,1H3,(H,19,20,21). The quantitative estimate of drug-likeness (QED) is 0.364. The Morgan fingerprint density at radius 1 is 1.25 bits per heavy atom. The topological polar surface area (TPSA) is 58.0 Å². The van der Waals surface area contributed by atoms with Crippen LogP contribution < -0.4 is 5.32 Å². The summed E-state index contributed by atoms with van der Waals surface area (Å²) in [6.07, 6.45) is 6.58. The van der Waals surface area contributed by atoms with E-state index in [0.29, 0.717) is 10.7 Å². The van der Waals surface area contributed by atoms with Crippen molar-refractivity contribution in [1.82, 2.24) is 9.97 Å². The number of anilines is 2. The van der Waals surface area contributed by atoms with Crippen molar-refractivity contribution < 1.29 is 5.11 Å². The van der Waals surface area contributed by atoms with Crippen LogP contribution in [0.5, 0.6) is 5.75 Å². The largest absolute Gasteiger partial charge is 0.506 e. The predicted molar refractivity (Wildman–Crippen MR) is 102 cm³/mol. The number of phenols is 1. The average Bonchev–Trinajstić information content (AvgIpc) is 2.96. The van der Waals surface area contributed by atoms with Crippen LogP contribution >= 0.6 is 34.7 Å². The Hall–Kier alpha value is -1.50. The van der Waals surface area contributed by atoms with Crippen LogP contribution in [0.25, 0.3) is 10.2 Å². The zero-order valence-electron chi connectivity index (χ0n) is 13.1. The summed E-state index contributed by atoms with van der Waals surface area (Å²) in [5, 5.41) is 15.8. The highest BCUT2D eigenvalue weighted by Gasteiger charge is 2.21. The maximum atomic E-state index is 10.1. The molecule has 1 aliphatic rings. The zero-order chi connectivity index (χ0) is 16.7. The molecule has 1 aromatic carbocycles. The van der Waals surface area contributed by atoms with E-state index < -0.39 is 0 Å². The van der Waals surface area contributed by atoms with Crippen molar-refractivity contribution in [3.63, 3.8) is 0 Å². The molecule has 0 unspecified atom stereocenters. The second-order valence-corrected chi connectivity index (χ2v) is 8.03. The van der Waals surface area contributed by atoms with Gasteiger partial charge in [-0.2, -0.15) is 0 Å². The lowest BCUT2D eigenvalue weighted by Crippen LogP contribution is -2.02. The van der Waals surface area contributed by atoms with Gasteiger partial charge in [-0.05, 0) is 55.7 Å². The van der Waals surface area contributed by atoms with Gasteiger partial charge in [0.15, 0.2) is 5.16 Å². The van der Waals surface area contributed by atoms with E-state index in [0.717, 1.165) is 34.0 Å². The average molecular weight is 378 g/mol. The summed E-state index contributed by atoms with van der Waals surface area (Å²) in [5.41, 5.74) is 1.92. The fourth-order valence-electron chi connectivity index (χ4n) is 3.06. The molecule has 0 fully saturated rings. The van der Waals surface area contributed by atoms with Crippen LogP contribution in [0, 0.1) is 0 Å². The molecule has 3 aromatic rings. The highest BCUT2D eigenvalue weighted by Crippen LogP contribution is 2.41. The molecule has 0 atom stereocenters. The molecule has 0 saturated heterocycles. The molecule has 2 aromatic heterocycles. The van der Waals surface area contributed by atoms with Gasteiger partial charge in [-0.3, -0.25) is 0 Å². The van der Waals surface area contributed by atoms with Crippen LogP contribution in [0.1, 0.15) is 23.3 Å². The lowest BCUT2D eigenvalue weighted by molar-refractivity contribution is 0.477. The fraction of sp³-hybridized carbons (Fsp3) is 0.294. The van der Waals surface area contributed by atoms with E-state index >= 15 is 0 Å². The second kappa shape index (κ2) is 6.43. The molecule has 2 N–H and O–H groups in total. The third-order valence-electron chi connectivity index (χ3n) is 4.19. The number of rotatable bonds is 3. The minimum atomic E-state index is 0.154. The predicted octanol–water partition coefficient (Wildman–Crippen LogP) is 5.39. The Kier molecular flexibility index (Phi) is 4.28. The Labute approximate surface area is 153 Å². The van der Waals surface area contributed by atoms with Gasteiger partial charge >= 0.3 is 0 Å². The van der Waals surface area contributed by atoms with Gasteiger partial charge in [-0.15, -0.1) is 11.3 Å². The van der Waals surface area contributed by atoms with Gasteiger partial charge in [0.25, 0.3) is 0 Å². The van der Waals surface area contributed by atoms with Crippen LogP contribution in [0.2, 0.25) is 5.02 Å². The molecule has 0 aliphatic heterocycles. The van der Waals surface area contributed by atoms with Crippen LogP contribution in [-0.4, -0.2) is 21.3 Å². The molecule has 0 amide bonds. The van der Waals surface area contributed by atoms with Gasteiger partial charge in [0.1, 0.15) is 16.4 Å². The van der Waals surface area contributed by atoms with Crippen LogP contribution in [-0.2, 0) is 12.8 Å². The number of fused-ring (bicyclic) bond motifs is 3. The lowest BCUT2D eigenvalue weighted by Gasteiger charge is -2.14. The van der Waals surface area contributed by atoms with Crippen molar-refractivity contribution in [2.45, 2.75) is 30.8 Å². The van der Waals surface area contributed by atoms with E-state index in [1.54, 1.807) is 29.5 Å². The van der Waals surface area contributed by atoms with Gasteiger partial charge in [0, 0.05) is 9.90 Å². The van der Waals surface area contributed by atoms with Gasteiger partial charge in [0.05, 0.1) is 11.1 Å². The van der Waals surface area contributed by atoms with Gasteiger partial charge in [-0.1, -0.05) is 23.4 Å². The molecule has 124 valence electrons. The Morgan fingerprint density at radius 2 is 2.08 bits per heavy atom. The first-order valence-electron chi connectivity index (χ1n) is 7.77. The Balaban J connectivity index is 1.89. The van der Waals surface area contributed by atoms with Crippen molar-refractivity contribution in [3.05, 3.63) is 33.7 Å². The molecule has 0 saturated carbocycles. The molecule has 1 aliphatic carbocycles. The van der Waals surface area contributed by atoms with Crippen LogP contribution in [0.15, 0.2) is 23.4 Å². The number of thiophene rings is 1.